The second-order valence-corrected chi connectivity index (χ2v) is 7.68. The quantitative estimate of drug-likeness (QED) is 0.651. The lowest BCUT2D eigenvalue weighted by molar-refractivity contribution is -0.0539. The van der Waals surface area contributed by atoms with Crippen LogP contribution in [0, 0.1) is 5.92 Å². The molecule has 0 aliphatic carbocycles. The average Bonchev–Trinajstić information content (AvgIpc) is 2.61. The summed E-state index contributed by atoms with van der Waals surface area (Å²) in [6.45, 7) is 7.36. The molecule has 1 aromatic heterocycles. The van der Waals surface area contributed by atoms with E-state index in [9.17, 15) is 5.11 Å². The van der Waals surface area contributed by atoms with Crippen LogP contribution in [-0.4, -0.2) is 85.0 Å². The van der Waals surface area contributed by atoms with Crippen LogP contribution < -0.4 is 20.9 Å². The van der Waals surface area contributed by atoms with Gasteiger partial charge in [0.05, 0.1) is 5.60 Å². The van der Waals surface area contributed by atoms with E-state index in [1.54, 1.807) is 0 Å². The van der Waals surface area contributed by atoms with Crippen LogP contribution in [0.15, 0.2) is 6.07 Å². The van der Waals surface area contributed by atoms with Gasteiger partial charge in [0, 0.05) is 57.8 Å². The minimum atomic E-state index is -0.527. The first-order valence-corrected chi connectivity index (χ1v) is 9.30. The van der Waals surface area contributed by atoms with Crippen LogP contribution in [0.3, 0.4) is 0 Å². The lowest BCUT2D eigenvalue weighted by Crippen LogP contribution is -2.59. The standard InChI is InChI=1S/C17H29N7O/c1-22-6-8-23(9-7-22)14-10-15(21-16(18)20-14)24-5-3-17(25)2-4-19-11-13(17)12-24/h10,13,19,25H,2-9,11-12H2,1H3,(H2,18,20,21)/t13-,17-/m0/s1. The normalized spacial score (nSPS) is 31.0. The lowest BCUT2D eigenvalue weighted by Gasteiger charge is -2.48. The van der Waals surface area contributed by atoms with Crippen LogP contribution in [0.25, 0.3) is 0 Å². The second kappa shape index (κ2) is 6.59. The number of likely N-dealkylation sites (N-methyl/N-ethyl adjacent to an activating group) is 1. The zero-order valence-corrected chi connectivity index (χ0v) is 15.0. The Bertz CT molecular complexity index is 619. The molecule has 3 aliphatic rings. The van der Waals surface area contributed by atoms with Gasteiger partial charge < -0.3 is 30.9 Å². The van der Waals surface area contributed by atoms with Gasteiger partial charge in [-0.25, -0.2) is 0 Å². The Balaban J connectivity index is 1.52. The highest BCUT2D eigenvalue weighted by Crippen LogP contribution is 2.35. The molecule has 0 spiro atoms. The molecule has 0 bridgehead atoms. The number of anilines is 3. The minimum absolute atomic E-state index is 0.235. The van der Waals surface area contributed by atoms with Crippen molar-refractivity contribution >= 4 is 17.6 Å². The van der Waals surface area contributed by atoms with Gasteiger partial charge in [0.15, 0.2) is 0 Å². The number of fused-ring (bicyclic) bond motifs is 1. The Morgan fingerprint density at radius 1 is 1.12 bits per heavy atom. The van der Waals surface area contributed by atoms with Crippen molar-refractivity contribution in [1.29, 1.82) is 0 Å². The molecule has 0 radical (unpaired) electrons. The van der Waals surface area contributed by atoms with Crippen LogP contribution >= 0.6 is 0 Å². The highest BCUT2D eigenvalue weighted by atomic mass is 16.3. The smallest absolute Gasteiger partial charge is 0.223 e. The third-order valence-electron chi connectivity index (χ3n) is 6.01. The number of piperazine rings is 1. The topological polar surface area (TPSA) is 93.8 Å². The molecule has 2 atom stereocenters. The van der Waals surface area contributed by atoms with Gasteiger partial charge in [0.2, 0.25) is 5.95 Å². The fourth-order valence-corrected chi connectivity index (χ4v) is 4.23. The zero-order valence-electron chi connectivity index (χ0n) is 15.0. The number of aromatic nitrogens is 2. The zero-order chi connectivity index (χ0) is 17.4. The molecule has 3 aliphatic heterocycles. The van der Waals surface area contributed by atoms with Gasteiger partial charge in [0.1, 0.15) is 11.6 Å². The monoisotopic (exact) mass is 347 g/mol. The lowest BCUT2D eigenvalue weighted by atomic mass is 9.76. The molecule has 3 saturated heterocycles. The molecule has 0 aromatic carbocycles. The summed E-state index contributed by atoms with van der Waals surface area (Å²) in [4.78, 5) is 15.8. The van der Waals surface area contributed by atoms with Gasteiger partial charge >= 0.3 is 0 Å². The summed E-state index contributed by atoms with van der Waals surface area (Å²) < 4.78 is 0. The van der Waals surface area contributed by atoms with Crippen LogP contribution in [-0.2, 0) is 0 Å². The molecule has 138 valence electrons. The predicted octanol–water partition coefficient (Wildman–Crippen LogP) is -0.639. The van der Waals surface area contributed by atoms with Gasteiger partial charge in [-0.15, -0.1) is 0 Å². The molecular formula is C17H29N7O. The molecule has 3 fully saturated rings. The first kappa shape index (κ1) is 16.8. The number of aliphatic hydroxyl groups is 1. The number of rotatable bonds is 2. The fraction of sp³-hybridized carbons (Fsp3) is 0.765. The Hall–Kier alpha value is -1.64. The minimum Gasteiger partial charge on any atom is -0.389 e. The van der Waals surface area contributed by atoms with Crippen molar-refractivity contribution < 1.29 is 5.11 Å². The van der Waals surface area contributed by atoms with E-state index in [4.69, 9.17) is 5.73 Å². The van der Waals surface area contributed by atoms with Gasteiger partial charge in [-0.2, -0.15) is 9.97 Å². The van der Waals surface area contributed by atoms with Crippen molar-refractivity contribution in [1.82, 2.24) is 20.2 Å². The molecule has 4 heterocycles. The molecule has 25 heavy (non-hydrogen) atoms. The van der Waals surface area contributed by atoms with Crippen molar-refractivity contribution in [2.45, 2.75) is 18.4 Å². The van der Waals surface area contributed by atoms with Crippen molar-refractivity contribution in [3.63, 3.8) is 0 Å². The molecule has 4 N–H and O–H groups in total. The number of nitrogens with two attached hydrogens (primary N) is 1. The highest BCUT2D eigenvalue weighted by Gasteiger charge is 2.43. The maximum Gasteiger partial charge on any atom is 0.223 e. The van der Waals surface area contributed by atoms with Crippen molar-refractivity contribution in [2.75, 3.05) is 74.9 Å². The molecule has 8 nitrogen and oxygen atoms in total. The Kier molecular flexibility index (Phi) is 4.43. The van der Waals surface area contributed by atoms with E-state index in [1.165, 1.54) is 0 Å². The summed E-state index contributed by atoms with van der Waals surface area (Å²) in [6, 6.07) is 2.06. The van der Waals surface area contributed by atoms with Crippen LogP contribution in [0.5, 0.6) is 0 Å². The van der Waals surface area contributed by atoms with Crippen molar-refractivity contribution in [2.24, 2.45) is 5.92 Å². The van der Waals surface area contributed by atoms with E-state index in [0.29, 0.717) is 5.95 Å². The van der Waals surface area contributed by atoms with Crippen molar-refractivity contribution in [3.05, 3.63) is 6.07 Å². The van der Waals surface area contributed by atoms with E-state index in [-0.39, 0.29) is 5.92 Å². The van der Waals surface area contributed by atoms with Crippen LogP contribution in [0.1, 0.15) is 12.8 Å². The number of nitrogen functional groups attached to an aromatic ring is 1. The Morgan fingerprint density at radius 3 is 2.60 bits per heavy atom. The molecule has 0 unspecified atom stereocenters. The average molecular weight is 347 g/mol. The van der Waals surface area contributed by atoms with Gasteiger partial charge in [-0.3, -0.25) is 0 Å². The third-order valence-corrected chi connectivity index (χ3v) is 6.01. The van der Waals surface area contributed by atoms with E-state index in [0.717, 1.165) is 76.8 Å². The number of nitrogens with zero attached hydrogens (tertiary/aromatic N) is 5. The van der Waals surface area contributed by atoms with Crippen LogP contribution in [0.4, 0.5) is 17.6 Å². The number of piperidine rings is 2. The summed E-state index contributed by atoms with van der Waals surface area (Å²) in [7, 11) is 2.14. The molecule has 4 rings (SSSR count). The first-order chi connectivity index (χ1) is 12.0. The van der Waals surface area contributed by atoms with Crippen molar-refractivity contribution in [3.8, 4) is 0 Å². The van der Waals surface area contributed by atoms with E-state index >= 15 is 0 Å². The summed E-state index contributed by atoms with van der Waals surface area (Å²) in [6.07, 6.45) is 1.62. The molecule has 1 aromatic rings. The number of hydrogen-bond acceptors (Lipinski definition) is 8. The molecular weight excluding hydrogens is 318 g/mol. The second-order valence-electron chi connectivity index (χ2n) is 7.68. The maximum atomic E-state index is 10.9. The summed E-state index contributed by atoms with van der Waals surface area (Å²) in [5, 5.41) is 14.3. The summed E-state index contributed by atoms with van der Waals surface area (Å²) >= 11 is 0. The summed E-state index contributed by atoms with van der Waals surface area (Å²) in [5.41, 5.74) is 5.48. The third kappa shape index (κ3) is 3.38. The van der Waals surface area contributed by atoms with E-state index in [2.05, 4.69) is 43.1 Å². The summed E-state index contributed by atoms with van der Waals surface area (Å²) in [5.74, 6) is 2.36. The number of nitrogens with one attached hydrogen (secondary N) is 1. The Morgan fingerprint density at radius 2 is 1.84 bits per heavy atom. The molecule has 0 saturated carbocycles. The molecule has 0 amide bonds. The maximum absolute atomic E-state index is 10.9. The van der Waals surface area contributed by atoms with Gasteiger partial charge in [-0.05, 0) is 26.4 Å². The van der Waals surface area contributed by atoms with E-state index in [1.807, 2.05) is 0 Å². The van der Waals surface area contributed by atoms with Gasteiger partial charge in [-0.1, -0.05) is 0 Å². The molecule has 8 heteroatoms. The van der Waals surface area contributed by atoms with E-state index < -0.39 is 5.60 Å². The van der Waals surface area contributed by atoms with Crippen LogP contribution in [0.2, 0.25) is 0 Å². The Labute approximate surface area is 149 Å². The predicted molar refractivity (Wildman–Crippen MR) is 98.9 cm³/mol. The SMILES string of the molecule is CN1CCN(c2cc(N3CC[C@@]4(O)CCNC[C@H]4C3)nc(N)n2)CC1. The largest absolute Gasteiger partial charge is 0.389 e. The first-order valence-electron chi connectivity index (χ1n) is 9.30. The van der Waals surface area contributed by atoms with Gasteiger partial charge in [0.25, 0.3) is 0 Å². The highest BCUT2D eigenvalue weighted by molar-refractivity contribution is 5.54. The number of hydrogen-bond donors (Lipinski definition) is 3. The fourth-order valence-electron chi connectivity index (χ4n) is 4.23.